The number of rotatable bonds is 1. The van der Waals surface area contributed by atoms with Crippen LogP contribution in [0.5, 0.6) is 5.75 Å². The van der Waals surface area contributed by atoms with Crippen LogP contribution < -0.4 is 4.74 Å². The number of carbonyl (C=O) groups is 1. The Hall–Kier alpha value is -1.84. The molecule has 0 aliphatic heterocycles. The van der Waals surface area contributed by atoms with Crippen LogP contribution in [0.2, 0.25) is 0 Å². The highest BCUT2D eigenvalue weighted by molar-refractivity contribution is 6.43. The minimum Gasteiger partial charge on any atom is -0.497 e. The molecule has 4 rings (SSSR count). The lowest BCUT2D eigenvalue weighted by molar-refractivity contribution is -0.125. The lowest BCUT2D eigenvalue weighted by atomic mass is 9.55. The summed E-state index contributed by atoms with van der Waals surface area (Å²) in [6.45, 7) is 2.08. The molecule has 1 aromatic carbocycles. The number of fused-ring (bicyclic) bond motifs is 5. The maximum absolute atomic E-state index is 12.6. The van der Waals surface area contributed by atoms with E-state index in [-0.39, 0.29) is 11.2 Å². The number of Topliss-reactive ketones (excluding diaryl/α,β-unsaturated/α-hetero) is 1. The fourth-order valence-corrected chi connectivity index (χ4v) is 5.38. The van der Waals surface area contributed by atoms with E-state index in [9.17, 15) is 4.79 Å². The van der Waals surface area contributed by atoms with Gasteiger partial charge in [0, 0.05) is 11.8 Å². The van der Waals surface area contributed by atoms with Gasteiger partial charge in [-0.25, -0.2) is 0 Å². The molecule has 1 aromatic rings. The van der Waals surface area contributed by atoms with Crippen LogP contribution >= 0.6 is 0 Å². The average molecular weight is 313 g/mol. The van der Waals surface area contributed by atoms with E-state index in [4.69, 9.17) is 9.94 Å². The Morgan fingerprint density at radius 3 is 2.91 bits per heavy atom. The molecule has 122 valence electrons. The summed E-state index contributed by atoms with van der Waals surface area (Å²) in [5.74, 6) is 2.35. The van der Waals surface area contributed by atoms with Crippen LogP contribution in [0, 0.1) is 17.3 Å². The van der Waals surface area contributed by atoms with E-state index < -0.39 is 0 Å². The van der Waals surface area contributed by atoms with Gasteiger partial charge in [0.25, 0.3) is 0 Å². The number of carbonyl (C=O) groups excluding carboxylic acids is 1. The molecule has 3 aliphatic rings. The predicted octanol–water partition coefficient (Wildman–Crippen LogP) is 3.56. The van der Waals surface area contributed by atoms with E-state index in [1.165, 1.54) is 11.1 Å². The maximum atomic E-state index is 12.6. The Bertz CT molecular complexity index is 696. The molecule has 4 heteroatoms. The van der Waals surface area contributed by atoms with Crippen molar-refractivity contribution < 1.29 is 14.7 Å². The van der Waals surface area contributed by atoms with Gasteiger partial charge in [-0.15, -0.1) is 0 Å². The Morgan fingerprint density at radius 2 is 2.17 bits per heavy atom. The number of benzene rings is 1. The molecule has 0 saturated heterocycles. The van der Waals surface area contributed by atoms with E-state index in [1.54, 1.807) is 7.11 Å². The third-order valence-corrected chi connectivity index (χ3v) is 6.64. The fourth-order valence-electron chi connectivity index (χ4n) is 5.38. The van der Waals surface area contributed by atoms with E-state index in [1.807, 2.05) is 0 Å². The van der Waals surface area contributed by atoms with Crippen LogP contribution in [0.15, 0.2) is 23.4 Å². The number of aryl methyl sites for hydroxylation is 1. The van der Waals surface area contributed by atoms with Crippen molar-refractivity contribution in [3.63, 3.8) is 0 Å². The van der Waals surface area contributed by atoms with Gasteiger partial charge in [-0.2, -0.15) is 0 Å². The summed E-state index contributed by atoms with van der Waals surface area (Å²) in [7, 11) is 1.71. The van der Waals surface area contributed by atoms with E-state index >= 15 is 0 Å². The van der Waals surface area contributed by atoms with Gasteiger partial charge in [-0.3, -0.25) is 4.79 Å². The van der Waals surface area contributed by atoms with Gasteiger partial charge in [0.2, 0.25) is 0 Å². The van der Waals surface area contributed by atoms with Crippen molar-refractivity contribution in [2.24, 2.45) is 22.4 Å². The number of ether oxygens (including phenoxy) is 1. The largest absolute Gasteiger partial charge is 0.497 e. The van der Waals surface area contributed by atoms with E-state index in [0.29, 0.717) is 29.9 Å². The van der Waals surface area contributed by atoms with Crippen LogP contribution in [0.25, 0.3) is 0 Å². The lowest BCUT2D eigenvalue weighted by Gasteiger charge is -2.47. The minimum atomic E-state index is -0.327. The minimum absolute atomic E-state index is 0.0731. The molecule has 2 fully saturated rings. The molecule has 0 aromatic heterocycles. The van der Waals surface area contributed by atoms with Crippen molar-refractivity contribution in [1.29, 1.82) is 0 Å². The second-order valence-electron chi connectivity index (χ2n) is 7.52. The molecule has 3 aliphatic carbocycles. The first-order chi connectivity index (χ1) is 11.1. The molecule has 1 N–H and O–H groups in total. The van der Waals surface area contributed by atoms with Gasteiger partial charge >= 0.3 is 0 Å². The zero-order chi connectivity index (χ0) is 16.2. The molecular formula is C19H23NO3. The highest BCUT2D eigenvalue weighted by Gasteiger charge is 2.57. The highest BCUT2D eigenvalue weighted by atomic mass is 16.5. The standard InChI is InChI=1S/C19H23NO3/c1-19-8-7-14-13-6-4-12(23-2)9-11(13)3-5-15(14)16(19)10-17(20-22)18(19)21/h4,6,9,14-16,22H,3,5,7-8,10H2,1-2H3/b20-17+/t14-,15-,16+,19+/m1/s1. The molecule has 0 radical (unpaired) electrons. The Kier molecular flexibility index (Phi) is 3.26. The number of hydrogen-bond donors (Lipinski definition) is 1. The number of hydrogen-bond acceptors (Lipinski definition) is 4. The molecule has 0 heterocycles. The second-order valence-corrected chi connectivity index (χ2v) is 7.52. The van der Waals surface area contributed by atoms with Crippen LogP contribution in [0.3, 0.4) is 0 Å². The van der Waals surface area contributed by atoms with Gasteiger partial charge in [-0.05, 0) is 66.7 Å². The summed E-state index contributed by atoms with van der Waals surface area (Å²) in [6, 6.07) is 6.43. The summed E-state index contributed by atoms with van der Waals surface area (Å²) < 4.78 is 5.36. The summed E-state index contributed by atoms with van der Waals surface area (Å²) in [4.78, 5) is 12.6. The number of nitrogens with zero attached hydrogens (tertiary/aromatic N) is 1. The van der Waals surface area contributed by atoms with Crippen molar-refractivity contribution in [3.05, 3.63) is 29.3 Å². The van der Waals surface area contributed by atoms with Gasteiger partial charge in [-0.1, -0.05) is 18.1 Å². The maximum Gasteiger partial charge on any atom is 0.186 e. The quantitative estimate of drug-likeness (QED) is 0.637. The second kappa shape index (κ2) is 5.08. The summed E-state index contributed by atoms with van der Waals surface area (Å²) in [5, 5.41) is 12.5. The number of ketones is 1. The molecule has 0 bridgehead atoms. The van der Waals surface area contributed by atoms with Crippen molar-refractivity contribution in [2.75, 3.05) is 7.11 Å². The first kappa shape index (κ1) is 14.7. The molecule has 0 spiro atoms. The zero-order valence-electron chi connectivity index (χ0n) is 13.7. The Balaban J connectivity index is 1.71. The van der Waals surface area contributed by atoms with Gasteiger partial charge < -0.3 is 9.94 Å². The van der Waals surface area contributed by atoms with Gasteiger partial charge in [0.1, 0.15) is 11.5 Å². The molecular weight excluding hydrogens is 290 g/mol. The van der Waals surface area contributed by atoms with Crippen LogP contribution in [-0.4, -0.2) is 23.8 Å². The normalized spacial score (nSPS) is 37.2. The molecule has 4 nitrogen and oxygen atoms in total. The van der Waals surface area contributed by atoms with Crippen LogP contribution in [0.1, 0.15) is 49.7 Å². The van der Waals surface area contributed by atoms with Crippen molar-refractivity contribution in [3.8, 4) is 5.75 Å². The molecule has 4 atom stereocenters. The molecule has 2 saturated carbocycles. The highest BCUT2D eigenvalue weighted by Crippen LogP contribution is 2.59. The molecule has 0 amide bonds. The first-order valence-electron chi connectivity index (χ1n) is 8.51. The predicted molar refractivity (Wildman–Crippen MR) is 87.2 cm³/mol. The van der Waals surface area contributed by atoms with Crippen molar-refractivity contribution >= 4 is 11.5 Å². The Morgan fingerprint density at radius 1 is 1.35 bits per heavy atom. The summed E-state index contributed by atoms with van der Waals surface area (Å²) in [6.07, 6.45) is 4.72. The monoisotopic (exact) mass is 313 g/mol. The van der Waals surface area contributed by atoms with Crippen LogP contribution in [0.4, 0.5) is 0 Å². The third kappa shape index (κ3) is 1.97. The number of oxime groups is 1. The van der Waals surface area contributed by atoms with Gasteiger partial charge in [0.05, 0.1) is 7.11 Å². The average Bonchev–Trinajstić information content (AvgIpc) is 2.85. The SMILES string of the molecule is COc1ccc2c(c1)CC[C@@H]1[C@@H]2CC[C@]2(C)C(=O)/C(=N/O)C[C@@H]12. The summed E-state index contributed by atoms with van der Waals surface area (Å²) >= 11 is 0. The zero-order valence-corrected chi connectivity index (χ0v) is 13.7. The van der Waals surface area contributed by atoms with Gasteiger partial charge in [0.15, 0.2) is 5.78 Å². The molecule has 0 unspecified atom stereocenters. The lowest BCUT2D eigenvalue weighted by Crippen LogP contribution is -2.42. The fraction of sp³-hybridized carbons (Fsp3) is 0.579. The number of methoxy groups -OCH3 is 1. The van der Waals surface area contributed by atoms with Crippen LogP contribution in [-0.2, 0) is 11.2 Å². The molecule has 23 heavy (non-hydrogen) atoms. The first-order valence-corrected chi connectivity index (χ1v) is 8.51. The van der Waals surface area contributed by atoms with E-state index in [2.05, 4.69) is 30.3 Å². The topological polar surface area (TPSA) is 58.9 Å². The van der Waals surface area contributed by atoms with Crippen molar-refractivity contribution in [2.45, 2.75) is 44.9 Å². The summed E-state index contributed by atoms with van der Waals surface area (Å²) in [5.41, 5.74) is 2.89. The smallest absolute Gasteiger partial charge is 0.186 e. The Labute approximate surface area is 136 Å². The third-order valence-electron chi connectivity index (χ3n) is 6.64. The van der Waals surface area contributed by atoms with Crippen molar-refractivity contribution in [1.82, 2.24) is 0 Å². The van der Waals surface area contributed by atoms with E-state index in [0.717, 1.165) is 31.4 Å².